The van der Waals surface area contributed by atoms with E-state index in [1.165, 1.54) is 24.8 Å². The number of piperidine rings is 1. The maximum atomic E-state index is 4.82. The lowest BCUT2D eigenvalue weighted by atomic mass is 10.1. The smallest absolute Gasteiger partial charge is 0.232 e. The minimum atomic E-state index is 0.425. The zero-order valence-electron chi connectivity index (χ0n) is 18.5. The van der Waals surface area contributed by atoms with Gasteiger partial charge in [0.15, 0.2) is 0 Å². The second kappa shape index (κ2) is 8.82. The van der Waals surface area contributed by atoms with Crippen LogP contribution in [0.5, 0.6) is 0 Å². The van der Waals surface area contributed by atoms with Crippen molar-refractivity contribution in [2.45, 2.75) is 39.0 Å². The van der Waals surface area contributed by atoms with Crippen LogP contribution in [0.2, 0.25) is 0 Å². The average Bonchev–Trinajstić information content (AvgIpc) is 3.28. The molecule has 1 saturated heterocycles. The zero-order valence-corrected chi connectivity index (χ0v) is 18.5. The molecule has 32 heavy (non-hydrogen) atoms. The Hall–Kier alpha value is -3.68. The molecule has 4 aromatic rings. The number of hydrogen-bond donors (Lipinski definition) is 2. The first-order valence-electron chi connectivity index (χ1n) is 11.2. The molecule has 4 aromatic heterocycles. The van der Waals surface area contributed by atoms with E-state index in [2.05, 4.69) is 45.4 Å². The monoisotopic (exact) mass is 428 g/mol. The highest BCUT2D eigenvalue weighted by molar-refractivity contribution is 5.65. The molecule has 164 valence electrons. The summed E-state index contributed by atoms with van der Waals surface area (Å²) in [5, 5.41) is 6.74. The molecule has 1 fully saturated rings. The summed E-state index contributed by atoms with van der Waals surface area (Å²) in [4.78, 5) is 20.7. The number of aromatic nitrogens is 5. The molecule has 5 rings (SSSR count). The molecule has 0 unspecified atom stereocenters. The van der Waals surface area contributed by atoms with Crippen LogP contribution in [0.15, 0.2) is 55.1 Å². The first-order valence-corrected chi connectivity index (χ1v) is 11.2. The van der Waals surface area contributed by atoms with Crippen molar-refractivity contribution >= 4 is 34.7 Å². The van der Waals surface area contributed by atoms with Gasteiger partial charge in [-0.1, -0.05) is 13.8 Å². The van der Waals surface area contributed by atoms with Crippen LogP contribution in [0.1, 0.15) is 44.6 Å². The summed E-state index contributed by atoms with van der Waals surface area (Å²) in [6, 6.07) is 10.1. The van der Waals surface area contributed by atoms with Gasteiger partial charge in [-0.15, -0.1) is 0 Å². The van der Waals surface area contributed by atoms with Crippen LogP contribution in [0.4, 0.5) is 29.1 Å². The molecule has 0 saturated carbocycles. The Morgan fingerprint density at radius 3 is 2.56 bits per heavy atom. The SMILES string of the molecule is CC(C)c1ccnc(Nc2nc(Nc3ccn4ccnc4c3)cc(N3CCCCC3)n2)c1. The van der Waals surface area contributed by atoms with Crippen molar-refractivity contribution in [3.8, 4) is 0 Å². The van der Waals surface area contributed by atoms with E-state index >= 15 is 0 Å². The normalized spacial score (nSPS) is 14.2. The molecule has 0 atom stereocenters. The summed E-state index contributed by atoms with van der Waals surface area (Å²) in [5.41, 5.74) is 3.03. The third-order valence-electron chi connectivity index (χ3n) is 5.75. The average molecular weight is 429 g/mol. The van der Waals surface area contributed by atoms with Gasteiger partial charge in [0, 0.05) is 55.7 Å². The highest BCUT2D eigenvalue weighted by Gasteiger charge is 2.16. The molecule has 1 aliphatic heterocycles. The summed E-state index contributed by atoms with van der Waals surface area (Å²) in [6.45, 7) is 6.37. The molecule has 2 N–H and O–H groups in total. The minimum absolute atomic E-state index is 0.425. The molecule has 0 aromatic carbocycles. The van der Waals surface area contributed by atoms with E-state index in [4.69, 9.17) is 9.97 Å². The Kier molecular flexibility index (Phi) is 5.58. The highest BCUT2D eigenvalue weighted by Crippen LogP contribution is 2.26. The molecule has 5 heterocycles. The summed E-state index contributed by atoms with van der Waals surface area (Å²) in [5.74, 6) is 3.36. The van der Waals surface area contributed by atoms with Crippen LogP contribution in [-0.2, 0) is 0 Å². The maximum absolute atomic E-state index is 4.82. The van der Waals surface area contributed by atoms with Gasteiger partial charge in [-0.25, -0.2) is 9.97 Å². The van der Waals surface area contributed by atoms with Crippen molar-refractivity contribution in [3.05, 3.63) is 60.7 Å². The molecule has 0 bridgehead atoms. The van der Waals surface area contributed by atoms with Crippen molar-refractivity contribution in [1.29, 1.82) is 0 Å². The minimum Gasteiger partial charge on any atom is -0.356 e. The number of anilines is 5. The number of fused-ring (bicyclic) bond motifs is 1. The molecule has 8 nitrogen and oxygen atoms in total. The van der Waals surface area contributed by atoms with Gasteiger partial charge >= 0.3 is 0 Å². The van der Waals surface area contributed by atoms with E-state index in [1.807, 2.05) is 47.3 Å². The van der Waals surface area contributed by atoms with Crippen LogP contribution < -0.4 is 15.5 Å². The van der Waals surface area contributed by atoms with Crippen LogP contribution in [0, 0.1) is 0 Å². The summed E-state index contributed by atoms with van der Waals surface area (Å²) < 4.78 is 1.98. The fourth-order valence-electron chi connectivity index (χ4n) is 3.96. The molecule has 0 aliphatic carbocycles. The van der Waals surface area contributed by atoms with E-state index < -0.39 is 0 Å². The van der Waals surface area contributed by atoms with Gasteiger partial charge in [-0.3, -0.25) is 0 Å². The summed E-state index contributed by atoms with van der Waals surface area (Å²) in [7, 11) is 0. The number of imidazole rings is 1. The number of nitrogens with one attached hydrogen (secondary N) is 2. The molecular formula is C24H28N8. The zero-order chi connectivity index (χ0) is 21.9. The fourth-order valence-corrected chi connectivity index (χ4v) is 3.96. The maximum Gasteiger partial charge on any atom is 0.232 e. The fraction of sp³-hybridized carbons (Fsp3) is 0.333. The lowest BCUT2D eigenvalue weighted by Crippen LogP contribution is -2.30. The van der Waals surface area contributed by atoms with Crippen molar-refractivity contribution in [1.82, 2.24) is 24.3 Å². The van der Waals surface area contributed by atoms with Crippen LogP contribution in [0.3, 0.4) is 0 Å². The Morgan fingerprint density at radius 1 is 0.844 bits per heavy atom. The number of hydrogen-bond acceptors (Lipinski definition) is 7. The van der Waals surface area contributed by atoms with E-state index in [1.54, 1.807) is 6.20 Å². The van der Waals surface area contributed by atoms with Gasteiger partial charge < -0.3 is 19.9 Å². The predicted octanol–water partition coefficient (Wildman–Crippen LogP) is 5.12. The summed E-state index contributed by atoms with van der Waals surface area (Å²) >= 11 is 0. The topological polar surface area (TPSA) is 83.3 Å². The van der Waals surface area contributed by atoms with Gasteiger partial charge in [0.2, 0.25) is 5.95 Å². The van der Waals surface area contributed by atoms with E-state index in [0.29, 0.717) is 11.9 Å². The lowest BCUT2D eigenvalue weighted by molar-refractivity contribution is 0.573. The summed E-state index contributed by atoms with van der Waals surface area (Å²) in [6.07, 6.45) is 11.2. The molecule has 0 amide bonds. The molecule has 0 radical (unpaired) electrons. The van der Waals surface area contributed by atoms with Crippen LogP contribution in [0.25, 0.3) is 5.65 Å². The van der Waals surface area contributed by atoms with Gasteiger partial charge in [-0.2, -0.15) is 9.97 Å². The Balaban J connectivity index is 1.47. The molecule has 8 heteroatoms. The van der Waals surface area contributed by atoms with Gasteiger partial charge in [0.25, 0.3) is 0 Å². The van der Waals surface area contributed by atoms with Crippen LogP contribution in [-0.4, -0.2) is 37.4 Å². The van der Waals surface area contributed by atoms with Crippen molar-refractivity contribution in [2.24, 2.45) is 0 Å². The van der Waals surface area contributed by atoms with Crippen molar-refractivity contribution in [2.75, 3.05) is 28.6 Å². The van der Waals surface area contributed by atoms with Gasteiger partial charge in [0.05, 0.1) is 0 Å². The van der Waals surface area contributed by atoms with Crippen molar-refractivity contribution < 1.29 is 0 Å². The van der Waals surface area contributed by atoms with Gasteiger partial charge in [-0.05, 0) is 48.9 Å². The van der Waals surface area contributed by atoms with E-state index in [-0.39, 0.29) is 0 Å². The van der Waals surface area contributed by atoms with Gasteiger partial charge in [0.1, 0.15) is 23.1 Å². The van der Waals surface area contributed by atoms with E-state index in [0.717, 1.165) is 41.9 Å². The number of nitrogens with zero attached hydrogens (tertiary/aromatic N) is 6. The number of pyridine rings is 2. The second-order valence-corrected chi connectivity index (χ2v) is 8.47. The molecule has 0 spiro atoms. The Labute approximate surface area is 187 Å². The third kappa shape index (κ3) is 4.49. The Morgan fingerprint density at radius 2 is 1.72 bits per heavy atom. The quantitative estimate of drug-likeness (QED) is 0.441. The first-order chi connectivity index (χ1) is 15.6. The lowest BCUT2D eigenvalue weighted by Gasteiger charge is -2.28. The highest BCUT2D eigenvalue weighted by atomic mass is 15.3. The largest absolute Gasteiger partial charge is 0.356 e. The second-order valence-electron chi connectivity index (χ2n) is 8.47. The van der Waals surface area contributed by atoms with E-state index in [9.17, 15) is 0 Å². The predicted molar refractivity (Wildman–Crippen MR) is 128 cm³/mol. The van der Waals surface area contributed by atoms with Crippen LogP contribution >= 0.6 is 0 Å². The molecular weight excluding hydrogens is 400 g/mol. The Bertz CT molecular complexity index is 1210. The molecule has 1 aliphatic rings. The number of rotatable bonds is 6. The van der Waals surface area contributed by atoms with Crippen molar-refractivity contribution in [3.63, 3.8) is 0 Å². The first kappa shape index (κ1) is 20.2. The standard InChI is InChI=1S/C24H28N8/c1-17(2)18-6-8-25-20(14-18)28-24-29-21(16-23(30-24)31-10-4-3-5-11-31)27-19-7-12-32-13-9-26-22(32)15-19/h6-9,12-17H,3-5,10-11H2,1-2H3,(H2,25,27,28,29,30). The third-order valence-corrected chi connectivity index (χ3v) is 5.75.